The summed E-state index contributed by atoms with van der Waals surface area (Å²) in [6, 6.07) is 4.72. The Labute approximate surface area is 83.6 Å². The largest absolute Gasteiger partial charge is 0.507 e. The smallest absolute Gasteiger partial charge is 0.304 e. The molecule has 14 heavy (non-hydrogen) atoms. The second-order valence-corrected chi connectivity index (χ2v) is 3.68. The van der Waals surface area contributed by atoms with Crippen molar-refractivity contribution in [2.75, 3.05) is 5.73 Å². The van der Waals surface area contributed by atoms with Crippen molar-refractivity contribution < 1.29 is 5.11 Å². The first kappa shape index (κ1) is 8.83. The molecule has 0 fully saturated rings. The van der Waals surface area contributed by atoms with Crippen molar-refractivity contribution in [1.82, 2.24) is 4.98 Å². The number of aromatic nitrogens is 1. The number of thiazole rings is 1. The highest BCUT2D eigenvalue weighted by Crippen LogP contribution is 2.29. The summed E-state index contributed by atoms with van der Waals surface area (Å²) in [6.07, 6.45) is 0. The van der Waals surface area contributed by atoms with Crippen LogP contribution in [0.5, 0.6) is 5.75 Å². The third-order valence-electron chi connectivity index (χ3n) is 1.83. The van der Waals surface area contributed by atoms with Crippen LogP contribution in [-0.2, 0) is 0 Å². The molecule has 0 radical (unpaired) electrons. The van der Waals surface area contributed by atoms with E-state index < -0.39 is 0 Å². The third-order valence-corrected chi connectivity index (χ3v) is 2.50. The Hall–Kier alpha value is -1.75. The number of aromatic amines is 1. The number of nitrogen functional groups attached to an aromatic ring is 1. The van der Waals surface area contributed by atoms with Gasteiger partial charge in [-0.1, -0.05) is 11.3 Å². The lowest BCUT2D eigenvalue weighted by molar-refractivity contribution is 0.477. The molecule has 0 saturated heterocycles. The van der Waals surface area contributed by atoms with Crippen LogP contribution in [0.25, 0.3) is 11.3 Å². The molecule has 72 valence electrons. The van der Waals surface area contributed by atoms with Gasteiger partial charge in [0.1, 0.15) is 5.75 Å². The number of hydrogen-bond acceptors (Lipinski definition) is 4. The molecule has 1 heterocycles. The number of phenols is 1. The summed E-state index contributed by atoms with van der Waals surface area (Å²) in [5.41, 5.74) is 7.25. The molecule has 0 aliphatic heterocycles. The summed E-state index contributed by atoms with van der Waals surface area (Å²) >= 11 is 1.05. The third kappa shape index (κ3) is 1.49. The molecule has 0 saturated carbocycles. The van der Waals surface area contributed by atoms with E-state index >= 15 is 0 Å². The Morgan fingerprint density at radius 3 is 2.86 bits per heavy atom. The lowest BCUT2D eigenvalue weighted by Gasteiger charge is -2.02. The van der Waals surface area contributed by atoms with E-state index in [4.69, 9.17) is 5.73 Å². The predicted octanol–water partition coefficient (Wildman–Crippen LogP) is 1.39. The van der Waals surface area contributed by atoms with Crippen molar-refractivity contribution in [3.63, 3.8) is 0 Å². The number of benzene rings is 1. The Morgan fingerprint density at radius 1 is 1.43 bits per heavy atom. The van der Waals surface area contributed by atoms with Crippen LogP contribution >= 0.6 is 11.3 Å². The molecule has 5 heteroatoms. The van der Waals surface area contributed by atoms with E-state index in [0.29, 0.717) is 16.9 Å². The molecular weight excluding hydrogens is 200 g/mol. The summed E-state index contributed by atoms with van der Waals surface area (Å²) in [7, 11) is 0. The summed E-state index contributed by atoms with van der Waals surface area (Å²) in [4.78, 5) is 13.4. The second kappa shape index (κ2) is 3.19. The number of aromatic hydroxyl groups is 1. The van der Waals surface area contributed by atoms with E-state index in [2.05, 4.69) is 4.98 Å². The van der Waals surface area contributed by atoms with Gasteiger partial charge in [-0.15, -0.1) is 0 Å². The first-order chi connectivity index (χ1) is 6.66. The molecule has 0 atom stereocenters. The number of phenolic OH excluding ortho intramolecular Hbond substituents is 1. The Bertz CT molecular complexity index is 516. The van der Waals surface area contributed by atoms with Crippen molar-refractivity contribution in [3.05, 3.63) is 33.2 Å². The molecule has 4 nitrogen and oxygen atoms in total. The molecule has 2 aromatic rings. The van der Waals surface area contributed by atoms with Gasteiger partial charge in [-0.25, -0.2) is 0 Å². The maximum atomic E-state index is 10.9. The zero-order chi connectivity index (χ0) is 10.1. The summed E-state index contributed by atoms with van der Waals surface area (Å²) in [6.45, 7) is 0. The molecule has 0 aliphatic rings. The normalized spacial score (nSPS) is 10.3. The van der Waals surface area contributed by atoms with Gasteiger partial charge in [0.25, 0.3) is 0 Å². The minimum atomic E-state index is -0.151. The molecule has 1 aromatic heterocycles. The van der Waals surface area contributed by atoms with Gasteiger partial charge in [-0.05, 0) is 18.2 Å². The molecule has 0 aliphatic carbocycles. The molecular formula is C9H8N2O2S. The highest BCUT2D eigenvalue weighted by molar-refractivity contribution is 7.07. The molecule has 0 unspecified atom stereocenters. The fraction of sp³-hybridized carbons (Fsp3) is 0. The van der Waals surface area contributed by atoms with Crippen LogP contribution in [0, 0.1) is 0 Å². The monoisotopic (exact) mass is 208 g/mol. The molecule has 4 N–H and O–H groups in total. The fourth-order valence-corrected chi connectivity index (χ4v) is 1.76. The number of rotatable bonds is 1. The van der Waals surface area contributed by atoms with Gasteiger partial charge in [-0.3, -0.25) is 4.79 Å². The van der Waals surface area contributed by atoms with Crippen molar-refractivity contribution in [2.24, 2.45) is 0 Å². The maximum absolute atomic E-state index is 10.9. The van der Waals surface area contributed by atoms with Crippen molar-refractivity contribution in [3.8, 4) is 17.0 Å². The Kier molecular flexibility index (Phi) is 2.01. The van der Waals surface area contributed by atoms with Gasteiger partial charge in [0.15, 0.2) is 0 Å². The average molecular weight is 208 g/mol. The van der Waals surface area contributed by atoms with Gasteiger partial charge in [0.2, 0.25) is 0 Å². The topological polar surface area (TPSA) is 79.1 Å². The van der Waals surface area contributed by atoms with Crippen molar-refractivity contribution in [1.29, 1.82) is 0 Å². The zero-order valence-corrected chi connectivity index (χ0v) is 7.97. The van der Waals surface area contributed by atoms with E-state index in [1.165, 1.54) is 6.07 Å². The SMILES string of the molecule is Nc1ccc(O)c(-c2csc(=O)[nH]2)c1. The number of nitrogens with one attached hydrogen (secondary N) is 1. The van der Waals surface area contributed by atoms with Crippen LogP contribution in [0.4, 0.5) is 5.69 Å². The molecule has 1 aromatic carbocycles. The average Bonchev–Trinajstić information content (AvgIpc) is 2.56. The first-order valence-corrected chi connectivity index (χ1v) is 4.81. The number of nitrogens with two attached hydrogens (primary N) is 1. The standard InChI is InChI=1S/C9H8N2O2S/c10-5-1-2-8(12)6(3-5)7-4-14-9(13)11-7/h1-4,12H,10H2,(H,11,13). The van der Waals surface area contributed by atoms with Crippen LogP contribution in [0.2, 0.25) is 0 Å². The highest BCUT2D eigenvalue weighted by Gasteiger charge is 2.06. The lowest BCUT2D eigenvalue weighted by atomic mass is 10.1. The number of hydrogen-bond donors (Lipinski definition) is 3. The van der Waals surface area contributed by atoms with Gasteiger partial charge >= 0.3 is 4.87 Å². The van der Waals surface area contributed by atoms with Crippen LogP contribution in [0.3, 0.4) is 0 Å². The highest BCUT2D eigenvalue weighted by atomic mass is 32.1. The minimum absolute atomic E-state index is 0.105. The van der Waals surface area contributed by atoms with Gasteiger partial charge < -0.3 is 15.8 Å². The first-order valence-electron chi connectivity index (χ1n) is 3.93. The predicted molar refractivity (Wildman–Crippen MR) is 56.5 cm³/mol. The molecule has 0 amide bonds. The van der Waals surface area contributed by atoms with E-state index in [1.807, 2.05) is 0 Å². The van der Waals surface area contributed by atoms with E-state index in [9.17, 15) is 9.90 Å². The number of anilines is 1. The quantitative estimate of drug-likeness (QED) is 0.489. The van der Waals surface area contributed by atoms with Crippen molar-refractivity contribution in [2.45, 2.75) is 0 Å². The van der Waals surface area contributed by atoms with Gasteiger partial charge in [-0.2, -0.15) is 0 Å². The minimum Gasteiger partial charge on any atom is -0.507 e. The Balaban J connectivity index is 2.61. The van der Waals surface area contributed by atoms with E-state index in [-0.39, 0.29) is 10.6 Å². The summed E-state index contributed by atoms with van der Waals surface area (Å²) in [5, 5.41) is 11.2. The molecule has 0 spiro atoms. The second-order valence-electron chi connectivity index (χ2n) is 2.84. The van der Waals surface area contributed by atoms with Gasteiger partial charge in [0.05, 0.1) is 5.69 Å². The zero-order valence-electron chi connectivity index (χ0n) is 7.15. The van der Waals surface area contributed by atoms with Crippen LogP contribution < -0.4 is 10.6 Å². The fourth-order valence-electron chi connectivity index (χ4n) is 1.18. The van der Waals surface area contributed by atoms with Gasteiger partial charge in [0, 0.05) is 16.6 Å². The van der Waals surface area contributed by atoms with E-state index in [1.54, 1.807) is 17.5 Å². The maximum Gasteiger partial charge on any atom is 0.304 e. The Morgan fingerprint density at radius 2 is 2.21 bits per heavy atom. The van der Waals surface area contributed by atoms with Crippen LogP contribution in [0.1, 0.15) is 0 Å². The molecule has 0 bridgehead atoms. The molecule has 2 rings (SSSR count). The van der Waals surface area contributed by atoms with E-state index in [0.717, 1.165) is 11.3 Å². The summed E-state index contributed by atoms with van der Waals surface area (Å²) < 4.78 is 0. The summed E-state index contributed by atoms with van der Waals surface area (Å²) in [5.74, 6) is 0.105. The lowest BCUT2D eigenvalue weighted by Crippen LogP contribution is -1.93. The van der Waals surface area contributed by atoms with Crippen molar-refractivity contribution >= 4 is 17.0 Å². The number of H-pyrrole nitrogens is 1. The van der Waals surface area contributed by atoms with Crippen LogP contribution in [0.15, 0.2) is 28.4 Å². The van der Waals surface area contributed by atoms with Crippen LogP contribution in [-0.4, -0.2) is 10.1 Å².